The Morgan fingerprint density at radius 3 is 2.06 bits per heavy atom. The van der Waals surface area contributed by atoms with Gasteiger partial charge in [-0.05, 0) is 62.6 Å². The summed E-state index contributed by atoms with van der Waals surface area (Å²) in [4.78, 5) is 2.48. The Labute approximate surface area is 105 Å². The summed E-state index contributed by atoms with van der Waals surface area (Å²) in [5.74, 6) is 0. The smallest absolute Gasteiger partial charge is 0.0345 e. The molecule has 0 atom stereocenters. The van der Waals surface area contributed by atoms with E-state index in [1.165, 1.54) is 27.8 Å². The molecule has 0 aliphatic carbocycles. The summed E-state index contributed by atoms with van der Waals surface area (Å²) in [6.45, 7) is 12.3. The van der Waals surface area contributed by atoms with Crippen LogP contribution in [0.2, 0.25) is 0 Å². The molecule has 1 saturated heterocycles. The van der Waals surface area contributed by atoms with E-state index in [9.17, 15) is 0 Å². The topological polar surface area (TPSA) is 15.3 Å². The zero-order valence-electron chi connectivity index (χ0n) is 11.7. The molecule has 0 unspecified atom stereocenters. The Morgan fingerprint density at radius 1 is 1.12 bits per heavy atom. The van der Waals surface area contributed by atoms with E-state index in [1.807, 2.05) is 0 Å². The van der Waals surface area contributed by atoms with E-state index in [0.717, 1.165) is 25.7 Å². The van der Waals surface area contributed by atoms with Gasteiger partial charge in [-0.25, -0.2) is 0 Å². The molecular formula is C15H24N2. The Balaban J connectivity index is 2.24. The summed E-state index contributed by atoms with van der Waals surface area (Å²) in [6, 6.07) is 3.02. The van der Waals surface area contributed by atoms with Crippen molar-refractivity contribution >= 4 is 0 Å². The fraction of sp³-hybridized carbons (Fsp3) is 0.600. The van der Waals surface area contributed by atoms with Crippen LogP contribution in [0, 0.1) is 27.7 Å². The molecule has 0 amide bonds. The van der Waals surface area contributed by atoms with Gasteiger partial charge >= 0.3 is 0 Å². The van der Waals surface area contributed by atoms with Gasteiger partial charge in [0.25, 0.3) is 0 Å². The molecule has 1 aliphatic rings. The van der Waals surface area contributed by atoms with Gasteiger partial charge in [-0.2, -0.15) is 0 Å². The SMILES string of the molecule is Cc1cc(C)c(C)c(CN(C)C2CNC2)c1C. The molecule has 1 aromatic rings. The first-order valence-corrected chi connectivity index (χ1v) is 6.48. The second kappa shape index (κ2) is 4.79. The first-order chi connectivity index (χ1) is 8.00. The van der Waals surface area contributed by atoms with Gasteiger partial charge in [0.05, 0.1) is 0 Å². The molecule has 17 heavy (non-hydrogen) atoms. The highest BCUT2D eigenvalue weighted by Gasteiger charge is 2.22. The van der Waals surface area contributed by atoms with E-state index < -0.39 is 0 Å². The maximum Gasteiger partial charge on any atom is 0.0345 e. The molecule has 2 heteroatoms. The number of rotatable bonds is 3. The first-order valence-electron chi connectivity index (χ1n) is 6.48. The number of likely N-dealkylation sites (N-methyl/N-ethyl adjacent to an activating group) is 1. The van der Waals surface area contributed by atoms with Crippen molar-refractivity contribution < 1.29 is 0 Å². The van der Waals surface area contributed by atoms with Gasteiger partial charge in [0.2, 0.25) is 0 Å². The van der Waals surface area contributed by atoms with Crippen LogP contribution < -0.4 is 5.32 Å². The lowest BCUT2D eigenvalue weighted by molar-refractivity contribution is 0.172. The van der Waals surface area contributed by atoms with Crippen molar-refractivity contribution in [2.24, 2.45) is 0 Å². The van der Waals surface area contributed by atoms with Gasteiger partial charge in [0.1, 0.15) is 0 Å². The zero-order chi connectivity index (χ0) is 12.6. The number of hydrogen-bond donors (Lipinski definition) is 1. The van der Waals surface area contributed by atoms with E-state index in [4.69, 9.17) is 0 Å². The molecule has 1 aliphatic heterocycles. The quantitative estimate of drug-likeness (QED) is 0.860. The van der Waals surface area contributed by atoms with Crippen LogP contribution in [0.1, 0.15) is 27.8 Å². The van der Waals surface area contributed by atoms with Crippen LogP contribution in [0.3, 0.4) is 0 Å². The zero-order valence-corrected chi connectivity index (χ0v) is 11.7. The molecule has 0 aromatic heterocycles. The molecule has 1 aromatic carbocycles. The Hall–Kier alpha value is -0.860. The van der Waals surface area contributed by atoms with Crippen LogP contribution >= 0.6 is 0 Å². The molecule has 2 nitrogen and oxygen atoms in total. The Morgan fingerprint density at radius 2 is 1.65 bits per heavy atom. The van der Waals surface area contributed by atoms with Crippen molar-refractivity contribution in [3.05, 3.63) is 33.9 Å². The van der Waals surface area contributed by atoms with Crippen molar-refractivity contribution in [3.8, 4) is 0 Å². The van der Waals surface area contributed by atoms with Gasteiger partial charge in [-0.1, -0.05) is 6.07 Å². The first kappa shape index (κ1) is 12.6. The predicted octanol–water partition coefficient (Wildman–Crippen LogP) is 2.32. The van der Waals surface area contributed by atoms with Gasteiger partial charge in [-0.3, -0.25) is 4.90 Å². The van der Waals surface area contributed by atoms with Crippen molar-refractivity contribution in [2.75, 3.05) is 20.1 Å². The highest BCUT2D eigenvalue weighted by atomic mass is 15.2. The minimum absolute atomic E-state index is 0.717. The second-order valence-electron chi connectivity index (χ2n) is 5.47. The van der Waals surface area contributed by atoms with E-state index >= 15 is 0 Å². The highest BCUT2D eigenvalue weighted by molar-refractivity contribution is 5.43. The standard InChI is InChI=1S/C15H24N2/c1-10-6-11(2)13(4)15(12(10)3)9-17(5)14-7-16-8-14/h6,14,16H,7-9H2,1-5H3. The number of benzene rings is 1. The van der Waals surface area contributed by atoms with Crippen LogP contribution in [0.25, 0.3) is 0 Å². The van der Waals surface area contributed by atoms with Gasteiger partial charge in [-0.15, -0.1) is 0 Å². The molecule has 1 heterocycles. The molecule has 0 saturated carbocycles. The molecule has 0 spiro atoms. The fourth-order valence-electron chi connectivity index (χ4n) is 2.50. The Kier molecular flexibility index (Phi) is 3.55. The molecule has 94 valence electrons. The van der Waals surface area contributed by atoms with E-state index in [2.05, 4.69) is 51.0 Å². The lowest BCUT2D eigenvalue weighted by atomic mass is 9.93. The van der Waals surface area contributed by atoms with Crippen LogP contribution in [0.15, 0.2) is 6.07 Å². The summed E-state index contributed by atoms with van der Waals surface area (Å²) < 4.78 is 0. The van der Waals surface area contributed by atoms with Crippen molar-refractivity contribution in [3.63, 3.8) is 0 Å². The van der Waals surface area contributed by atoms with E-state index in [1.54, 1.807) is 0 Å². The van der Waals surface area contributed by atoms with Crippen molar-refractivity contribution in [1.29, 1.82) is 0 Å². The lowest BCUT2D eigenvalue weighted by Crippen LogP contribution is -2.55. The number of aryl methyl sites for hydroxylation is 2. The minimum atomic E-state index is 0.717. The molecule has 0 bridgehead atoms. The third kappa shape index (κ3) is 2.38. The summed E-state index contributed by atoms with van der Waals surface area (Å²) in [7, 11) is 2.24. The maximum absolute atomic E-state index is 3.34. The van der Waals surface area contributed by atoms with Gasteiger partial charge in [0, 0.05) is 25.7 Å². The monoisotopic (exact) mass is 232 g/mol. The summed E-state index contributed by atoms with van der Waals surface area (Å²) >= 11 is 0. The second-order valence-corrected chi connectivity index (χ2v) is 5.47. The summed E-state index contributed by atoms with van der Waals surface area (Å²) in [5.41, 5.74) is 7.29. The van der Waals surface area contributed by atoms with Crippen molar-refractivity contribution in [1.82, 2.24) is 10.2 Å². The molecule has 1 N–H and O–H groups in total. The molecule has 0 radical (unpaired) electrons. The van der Waals surface area contributed by atoms with Crippen LogP contribution in [0.4, 0.5) is 0 Å². The van der Waals surface area contributed by atoms with Crippen LogP contribution in [0.5, 0.6) is 0 Å². The van der Waals surface area contributed by atoms with Crippen LogP contribution in [-0.4, -0.2) is 31.1 Å². The van der Waals surface area contributed by atoms with Gasteiger partial charge < -0.3 is 5.32 Å². The summed E-state index contributed by atoms with van der Waals surface area (Å²) in [6.07, 6.45) is 0. The fourth-order valence-corrected chi connectivity index (χ4v) is 2.50. The largest absolute Gasteiger partial charge is 0.314 e. The molecule has 2 rings (SSSR count). The van der Waals surface area contributed by atoms with Gasteiger partial charge in [0.15, 0.2) is 0 Å². The highest BCUT2D eigenvalue weighted by Crippen LogP contribution is 2.23. The molecular weight excluding hydrogens is 208 g/mol. The normalized spacial score (nSPS) is 16.4. The lowest BCUT2D eigenvalue weighted by Gasteiger charge is -2.36. The average Bonchev–Trinajstić information content (AvgIpc) is 2.19. The number of hydrogen-bond acceptors (Lipinski definition) is 2. The predicted molar refractivity (Wildman–Crippen MR) is 73.5 cm³/mol. The maximum atomic E-state index is 3.34. The minimum Gasteiger partial charge on any atom is -0.314 e. The van der Waals surface area contributed by atoms with Crippen molar-refractivity contribution in [2.45, 2.75) is 40.3 Å². The third-order valence-corrected chi connectivity index (χ3v) is 4.31. The number of nitrogens with zero attached hydrogens (tertiary/aromatic N) is 1. The third-order valence-electron chi connectivity index (χ3n) is 4.31. The Bertz CT molecular complexity index is 393. The van der Waals surface area contributed by atoms with E-state index in [-0.39, 0.29) is 0 Å². The average molecular weight is 232 g/mol. The summed E-state index contributed by atoms with van der Waals surface area (Å²) in [5, 5.41) is 3.34. The van der Waals surface area contributed by atoms with E-state index in [0.29, 0.717) is 0 Å². The molecule has 1 fully saturated rings. The van der Waals surface area contributed by atoms with Crippen LogP contribution in [-0.2, 0) is 6.54 Å². The number of nitrogens with one attached hydrogen (secondary N) is 1.